The normalized spacial score (nSPS) is 17.7. The minimum absolute atomic E-state index is 0.0672. The number of likely N-dealkylation sites (tertiary alicyclic amines) is 1. The molecular formula is C17H17N3O3. The molecule has 2 heterocycles. The van der Waals surface area contributed by atoms with E-state index in [4.69, 9.17) is 0 Å². The average molecular weight is 311 g/mol. The molecule has 1 aromatic carbocycles. The van der Waals surface area contributed by atoms with Gasteiger partial charge in [-0.05, 0) is 12.8 Å². The zero-order valence-corrected chi connectivity index (χ0v) is 12.6. The zero-order chi connectivity index (χ0) is 16.2. The second-order valence-electron chi connectivity index (χ2n) is 5.62. The Bertz CT molecular complexity index is 750. The Kier molecular flexibility index (Phi) is 4.32. The van der Waals surface area contributed by atoms with E-state index in [9.17, 15) is 14.4 Å². The van der Waals surface area contributed by atoms with Crippen molar-refractivity contribution in [2.45, 2.75) is 12.8 Å². The maximum absolute atomic E-state index is 12.5. The molecule has 1 amide bonds. The third-order valence-corrected chi connectivity index (χ3v) is 4.03. The molecular weight excluding hydrogens is 294 g/mol. The highest BCUT2D eigenvalue weighted by Crippen LogP contribution is 2.21. The Hall–Kier alpha value is -2.76. The summed E-state index contributed by atoms with van der Waals surface area (Å²) in [7, 11) is 0. The number of H-pyrrole nitrogens is 1. The molecule has 1 fully saturated rings. The number of hydrogen-bond donors (Lipinski definition) is 1. The van der Waals surface area contributed by atoms with Gasteiger partial charge in [0.15, 0.2) is 5.78 Å². The molecule has 0 saturated carbocycles. The van der Waals surface area contributed by atoms with Crippen LogP contribution in [0.25, 0.3) is 0 Å². The molecule has 118 valence electrons. The van der Waals surface area contributed by atoms with E-state index in [1.54, 1.807) is 17.0 Å². The number of piperidine rings is 1. The Balaban J connectivity index is 1.73. The minimum atomic E-state index is -0.350. The van der Waals surface area contributed by atoms with Crippen molar-refractivity contribution in [3.8, 4) is 0 Å². The van der Waals surface area contributed by atoms with Crippen molar-refractivity contribution >= 4 is 11.7 Å². The second kappa shape index (κ2) is 6.56. The van der Waals surface area contributed by atoms with Gasteiger partial charge in [-0.25, -0.2) is 4.98 Å². The molecule has 0 unspecified atom stereocenters. The lowest BCUT2D eigenvalue weighted by Crippen LogP contribution is -2.42. The summed E-state index contributed by atoms with van der Waals surface area (Å²) in [5, 5.41) is 0. The number of nitrogens with zero attached hydrogens (tertiary/aromatic N) is 2. The van der Waals surface area contributed by atoms with Crippen LogP contribution in [-0.4, -0.2) is 39.6 Å². The van der Waals surface area contributed by atoms with E-state index in [2.05, 4.69) is 9.97 Å². The maximum Gasteiger partial charge on any atom is 0.273 e. The fraction of sp³-hybridized carbons (Fsp3) is 0.294. The minimum Gasteiger partial charge on any atom is -0.337 e. The lowest BCUT2D eigenvalue weighted by molar-refractivity contribution is 0.0631. The summed E-state index contributed by atoms with van der Waals surface area (Å²) in [6, 6.07) is 9.14. The van der Waals surface area contributed by atoms with Crippen LogP contribution in [0.5, 0.6) is 0 Å². The highest BCUT2D eigenvalue weighted by atomic mass is 16.2. The SMILES string of the molecule is O=C(c1ccccc1)[C@@H]1CCCN(C(=O)c2c[nH]c(=O)cn2)C1. The maximum atomic E-state index is 12.5. The van der Waals surface area contributed by atoms with Crippen LogP contribution in [0.2, 0.25) is 0 Å². The van der Waals surface area contributed by atoms with Gasteiger partial charge in [0, 0.05) is 30.8 Å². The first-order chi connectivity index (χ1) is 11.1. The van der Waals surface area contributed by atoms with Gasteiger partial charge in [0.1, 0.15) is 5.69 Å². The van der Waals surface area contributed by atoms with Crippen LogP contribution in [0.15, 0.2) is 47.5 Å². The number of nitrogens with one attached hydrogen (secondary N) is 1. The van der Waals surface area contributed by atoms with Gasteiger partial charge < -0.3 is 9.88 Å². The lowest BCUT2D eigenvalue weighted by Gasteiger charge is -2.31. The summed E-state index contributed by atoms with van der Waals surface area (Å²) >= 11 is 0. The molecule has 1 atom stereocenters. The molecule has 23 heavy (non-hydrogen) atoms. The molecule has 1 N–H and O–H groups in total. The number of amides is 1. The van der Waals surface area contributed by atoms with Gasteiger partial charge in [-0.1, -0.05) is 30.3 Å². The highest BCUT2D eigenvalue weighted by Gasteiger charge is 2.29. The van der Waals surface area contributed by atoms with Gasteiger partial charge in [0.25, 0.3) is 11.5 Å². The van der Waals surface area contributed by atoms with Crippen molar-refractivity contribution < 1.29 is 9.59 Å². The predicted molar refractivity (Wildman–Crippen MR) is 84.3 cm³/mol. The number of rotatable bonds is 3. The van der Waals surface area contributed by atoms with Crippen LogP contribution >= 0.6 is 0 Å². The van der Waals surface area contributed by atoms with Crippen molar-refractivity contribution in [3.63, 3.8) is 0 Å². The third kappa shape index (κ3) is 3.36. The molecule has 0 bridgehead atoms. The fourth-order valence-electron chi connectivity index (χ4n) is 2.83. The molecule has 0 radical (unpaired) electrons. The highest BCUT2D eigenvalue weighted by molar-refractivity contribution is 5.99. The first-order valence-corrected chi connectivity index (χ1v) is 7.58. The molecule has 1 saturated heterocycles. The smallest absolute Gasteiger partial charge is 0.273 e. The third-order valence-electron chi connectivity index (χ3n) is 4.03. The number of carbonyl (C=O) groups is 2. The summed E-state index contributed by atoms with van der Waals surface area (Å²) in [5.74, 6) is -0.387. The number of carbonyl (C=O) groups excluding carboxylic acids is 2. The monoisotopic (exact) mass is 311 g/mol. The number of aromatic nitrogens is 2. The summed E-state index contributed by atoms with van der Waals surface area (Å²) in [6.07, 6.45) is 3.95. The molecule has 1 aliphatic heterocycles. The van der Waals surface area contributed by atoms with Crippen LogP contribution in [0.4, 0.5) is 0 Å². The van der Waals surface area contributed by atoms with Crippen LogP contribution in [0, 0.1) is 5.92 Å². The van der Waals surface area contributed by atoms with E-state index in [-0.39, 0.29) is 28.9 Å². The Morgan fingerprint density at radius 3 is 2.70 bits per heavy atom. The van der Waals surface area contributed by atoms with Crippen molar-refractivity contribution in [1.29, 1.82) is 0 Å². The number of hydrogen-bond acceptors (Lipinski definition) is 4. The van der Waals surface area contributed by atoms with E-state index in [1.165, 1.54) is 6.20 Å². The number of Topliss-reactive ketones (excluding diaryl/α,β-unsaturated/α-hetero) is 1. The van der Waals surface area contributed by atoms with Crippen molar-refractivity contribution in [2.75, 3.05) is 13.1 Å². The second-order valence-corrected chi connectivity index (χ2v) is 5.62. The standard InChI is InChI=1S/C17H17N3O3/c21-15-10-18-14(9-19-15)17(23)20-8-4-7-13(11-20)16(22)12-5-2-1-3-6-12/h1-3,5-6,9-10,13H,4,7-8,11H2,(H,19,21)/t13-/m1/s1. The van der Waals surface area contributed by atoms with Crippen LogP contribution < -0.4 is 5.56 Å². The topological polar surface area (TPSA) is 83.1 Å². The molecule has 6 nitrogen and oxygen atoms in total. The van der Waals surface area contributed by atoms with E-state index < -0.39 is 0 Å². The van der Waals surface area contributed by atoms with Crippen molar-refractivity contribution in [3.05, 3.63) is 64.3 Å². The summed E-state index contributed by atoms with van der Waals surface area (Å²) in [6.45, 7) is 0.978. The lowest BCUT2D eigenvalue weighted by atomic mass is 9.90. The number of aromatic amines is 1. The molecule has 6 heteroatoms. The van der Waals surface area contributed by atoms with Gasteiger partial charge >= 0.3 is 0 Å². The number of ketones is 1. The summed E-state index contributed by atoms with van der Waals surface area (Å²) in [5.41, 5.74) is 0.517. The van der Waals surface area contributed by atoms with E-state index >= 15 is 0 Å². The first-order valence-electron chi connectivity index (χ1n) is 7.58. The molecule has 1 aliphatic rings. The van der Waals surface area contributed by atoms with Crippen LogP contribution in [-0.2, 0) is 0 Å². The average Bonchev–Trinajstić information content (AvgIpc) is 2.62. The van der Waals surface area contributed by atoms with Gasteiger partial charge in [0.05, 0.1) is 6.20 Å². The zero-order valence-electron chi connectivity index (χ0n) is 12.6. The Morgan fingerprint density at radius 1 is 1.22 bits per heavy atom. The largest absolute Gasteiger partial charge is 0.337 e. The van der Waals surface area contributed by atoms with E-state index in [1.807, 2.05) is 18.2 Å². The molecule has 2 aromatic rings. The summed E-state index contributed by atoms with van der Waals surface area (Å²) in [4.78, 5) is 44.0. The van der Waals surface area contributed by atoms with E-state index in [0.717, 1.165) is 19.0 Å². The van der Waals surface area contributed by atoms with Gasteiger partial charge in [-0.15, -0.1) is 0 Å². The van der Waals surface area contributed by atoms with Gasteiger partial charge in [0.2, 0.25) is 0 Å². The molecule has 1 aromatic heterocycles. The van der Waals surface area contributed by atoms with Gasteiger partial charge in [-0.3, -0.25) is 14.4 Å². The number of benzene rings is 1. The Labute approximate surface area is 133 Å². The van der Waals surface area contributed by atoms with Crippen LogP contribution in [0.3, 0.4) is 0 Å². The first kappa shape index (κ1) is 15.1. The Morgan fingerprint density at radius 2 is 2.00 bits per heavy atom. The quantitative estimate of drug-likeness (QED) is 0.871. The molecule has 0 aliphatic carbocycles. The van der Waals surface area contributed by atoms with Crippen LogP contribution in [0.1, 0.15) is 33.7 Å². The fourth-order valence-corrected chi connectivity index (χ4v) is 2.83. The van der Waals surface area contributed by atoms with E-state index in [0.29, 0.717) is 18.7 Å². The van der Waals surface area contributed by atoms with Crippen molar-refractivity contribution in [1.82, 2.24) is 14.9 Å². The predicted octanol–water partition coefficient (Wildman–Crippen LogP) is 1.51. The van der Waals surface area contributed by atoms with Crippen molar-refractivity contribution in [2.24, 2.45) is 5.92 Å². The van der Waals surface area contributed by atoms with Gasteiger partial charge in [-0.2, -0.15) is 0 Å². The molecule has 3 rings (SSSR count). The summed E-state index contributed by atoms with van der Waals surface area (Å²) < 4.78 is 0. The molecule has 0 spiro atoms.